The number of carbonyl (C=O) groups excluding carboxylic acids is 1. The van der Waals surface area contributed by atoms with Gasteiger partial charge in [-0.3, -0.25) is 4.79 Å². The number of nitrogens with zero attached hydrogens (tertiary/aromatic N) is 3. The third-order valence-electron chi connectivity index (χ3n) is 2.36. The summed E-state index contributed by atoms with van der Waals surface area (Å²) in [5, 5.41) is 11.9. The average Bonchev–Trinajstić information content (AvgIpc) is 2.36. The number of aliphatic imine (C=N–C) groups is 1. The fourth-order valence-corrected chi connectivity index (χ4v) is 2.20. The van der Waals surface area contributed by atoms with Crippen molar-refractivity contribution in [2.24, 2.45) is 4.99 Å². The molecule has 0 radical (unpaired) electrons. The van der Waals surface area contributed by atoms with Gasteiger partial charge in [0.05, 0.1) is 13.2 Å². The highest BCUT2D eigenvalue weighted by atomic mass is 32.2. The summed E-state index contributed by atoms with van der Waals surface area (Å²) in [6, 6.07) is -0.400. The van der Waals surface area contributed by atoms with Gasteiger partial charge in [0.25, 0.3) is 0 Å². The Balaban J connectivity index is 2.82. The molecule has 1 saturated heterocycles. The van der Waals surface area contributed by atoms with Crippen molar-refractivity contribution in [3.05, 3.63) is 0 Å². The van der Waals surface area contributed by atoms with Crippen molar-refractivity contribution in [2.45, 2.75) is 13.0 Å². The summed E-state index contributed by atoms with van der Waals surface area (Å²) in [4.78, 5) is 17.4. The van der Waals surface area contributed by atoms with Crippen LogP contribution in [-0.4, -0.2) is 54.6 Å². The lowest BCUT2D eigenvalue weighted by molar-refractivity contribution is -0.129. The Morgan fingerprint density at radius 2 is 2.53 bits per heavy atom. The fraction of sp³-hybridized carbons (Fsp3) is 0.700. The van der Waals surface area contributed by atoms with Gasteiger partial charge in [0, 0.05) is 13.1 Å². The number of nitriles is 1. The molecule has 1 unspecified atom stereocenters. The maximum Gasteiger partial charge on any atom is 0.245 e. The molecule has 1 aliphatic rings. The van der Waals surface area contributed by atoms with Gasteiger partial charge in [-0.15, -0.1) is 4.99 Å². The van der Waals surface area contributed by atoms with E-state index in [0.717, 1.165) is 0 Å². The van der Waals surface area contributed by atoms with Crippen LogP contribution in [0, 0.1) is 11.5 Å². The number of morpholine rings is 1. The second kappa shape index (κ2) is 7.14. The Kier molecular flexibility index (Phi) is 5.80. The van der Waals surface area contributed by atoms with E-state index in [1.807, 2.05) is 18.1 Å². The molecule has 0 spiro atoms. The molecule has 6 nitrogen and oxygen atoms in total. The van der Waals surface area contributed by atoms with Crippen molar-refractivity contribution in [1.29, 1.82) is 5.26 Å². The second-order valence-electron chi connectivity index (χ2n) is 3.38. The highest BCUT2D eigenvalue weighted by Gasteiger charge is 2.31. The number of carbonyl (C=O) groups is 1. The SMILES string of the molecule is CCNC(=O)C1COCCN1C(=NC#N)SC. The molecule has 1 heterocycles. The minimum Gasteiger partial charge on any atom is -0.377 e. The number of nitrogens with one attached hydrogen (secondary N) is 1. The molecule has 0 bridgehead atoms. The van der Waals surface area contributed by atoms with E-state index in [9.17, 15) is 4.79 Å². The summed E-state index contributed by atoms with van der Waals surface area (Å²) >= 11 is 1.36. The molecular weight excluding hydrogens is 240 g/mol. The van der Waals surface area contributed by atoms with Gasteiger partial charge in [0.1, 0.15) is 6.04 Å². The van der Waals surface area contributed by atoms with E-state index in [1.54, 1.807) is 6.19 Å². The predicted octanol–water partition coefficient (Wildman–Crippen LogP) is 0.0234. The lowest BCUT2D eigenvalue weighted by Gasteiger charge is -2.35. The predicted molar refractivity (Wildman–Crippen MR) is 66.6 cm³/mol. The Bertz CT molecular complexity index is 340. The summed E-state index contributed by atoms with van der Waals surface area (Å²) in [7, 11) is 0. The molecule has 1 rings (SSSR count). The number of rotatable bonds is 2. The molecule has 17 heavy (non-hydrogen) atoms. The first kappa shape index (κ1) is 13.8. The zero-order chi connectivity index (χ0) is 12.7. The van der Waals surface area contributed by atoms with Gasteiger partial charge in [-0.05, 0) is 13.2 Å². The van der Waals surface area contributed by atoms with Crippen LogP contribution in [0.3, 0.4) is 0 Å². The Morgan fingerprint density at radius 1 is 1.76 bits per heavy atom. The van der Waals surface area contributed by atoms with Crippen molar-refractivity contribution in [3.63, 3.8) is 0 Å². The van der Waals surface area contributed by atoms with E-state index in [4.69, 9.17) is 10.00 Å². The molecule has 1 N–H and O–H groups in total. The summed E-state index contributed by atoms with van der Waals surface area (Å²) in [6.45, 7) is 3.89. The first-order valence-corrected chi connectivity index (χ1v) is 6.60. The van der Waals surface area contributed by atoms with Gasteiger partial charge in [-0.2, -0.15) is 5.26 Å². The maximum absolute atomic E-state index is 11.9. The molecule has 94 valence electrons. The van der Waals surface area contributed by atoms with Crippen LogP contribution >= 0.6 is 11.8 Å². The minimum absolute atomic E-state index is 0.0908. The molecule has 1 amide bonds. The van der Waals surface area contributed by atoms with Crippen molar-refractivity contribution < 1.29 is 9.53 Å². The van der Waals surface area contributed by atoms with Gasteiger partial charge in [-0.1, -0.05) is 11.8 Å². The first-order chi connectivity index (χ1) is 8.24. The van der Waals surface area contributed by atoms with Crippen molar-refractivity contribution in [2.75, 3.05) is 32.6 Å². The number of ether oxygens (including phenoxy) is 1. The lowest BCUT2D eigenvalue weighted by atomic mass is 10.2. The van der Waals surface area contributed by atoms with Gasteiger partial charge in [0.15, 0.2) is 5.17 Å². The zero-order valence-electron chi connectivity index (χ0n) is 9.97. The van der Waals surface area contributed by atoms with Crippen molar-refractivity contribution >= 4 is 22.8 Å². The van der Waals surface area contributed by atoms with Crippen molar-refractivity contribution in [1.82, 2.24) is 10.2 Å². The van der Waals surface area contributed by atoms with Crippen LogP contribution in [-0.2, 0) is 9.53 Å². The largest absolute Gasteiger partial charge is 0.377 e. The number of hydrogen-bond acceptors (Lipinski definition) is 5. The molecule has 1 fully saturated rings. The van der Waals surface area contributed by atoms with E-state index in [-0.39, 0.29) is 5.91 Å². The van der Waals surface area contributed by atoms with E-state index in [2.05, 4.69) is 10.3 Å². The summed E-state index contributed by atoms with van der Waals surface area (Å²) < 4.78 is 5.30. The fourth-order valence-electron chi connectivity index (χ4n) is 1.61. The van der Waals surface area contributed by atoms with Crippen LogP contribution in [0.5, 0.6) is 0 Å². The first-order valence-electron chi connectivity index (χ1n) is 5.37. The van der Waals surface area contributed by atoms with Crippen LogP contribution in [0.2, 0.25) is 0 Å². The quantitative estimate of drug-likeness (QED) is 0.428. The van der Waals surface area contributed by atoms with Crippen LogP contribution in [0.25, 0.3) is 0 Å². The smallest absolute Gasteiger partial charge is 0.245 e. The number of thioether (sulfide) groups is 1. The lowest BCUT2D eigenvalue weighted by Crippen LogP contribution is -2.55. The second-order valence-corrected chi connectivity index (χ2v) is 4.15. The average molecular weight is 256 g/mol. The van der Waals surface area contributed by atoms with E-state index >= 15 is 0 Å². The number of amides is 1. The topological polar surface area (TPSA) is 77.7 Å². The highest BCUT2D eigenvalue weighted by molar-refractivity contribution is 8.13. The van der Waals surface area contributed by atoms with E-state index in [1.165, 1.54) is 11.8 Å². The monoisotopic (exact) mass is 256 g/mol. The molecule has 0 aromatic heterocycles. The van der Waals surface area contributed by atoms with Crippen LogP contribution in [0.15, 0.2) is 4.99 Å². The van der Waals surface area contributed by atoms with Crippen LogP contribution in [0.1, 0.15) is 6.92 Å². The molecule has 1 atom stereocenters. The third kappa shape index (κ3) is 3.61. The molecule has 1 aliphatic heterocycles. The Hall–Kier alpha value is -1.26. The summed E-state index contributed by atoms with van der Waals surface area (Å²) in [5.41, 5.74) is 0. The number of hydrogen-bond donors (Lipinski definition) is 1. The third-order valence-corrected chi connectivity index (χ3v) is 3.05. The van der Waals surface area contributed by atoms with Gasteiger partial charge >= 0.3 is 0 Å². The molecule has 0 aromatic carbocycles. The van der Waals surface area contributed by atoms with Gasteiger partial charge in [-0.25, -0.2) is 0 Å². The van der Waals surface area contributed by atoms with E-state index in [0.29, 0.717) is 31.5 Å². The number of amidine groups is 1. The Morgan fingerprint density at radius 3 is 3.12 bits per heavy atom. The summed E-state index contributed by atoms with van der Waals surface area (Å²) in [6.07, 6.45) is 3.59. The zero-order valence-corrected chi connectivity index (χ0v) is 10.8. The molecule has 7 heteroatoms. The molecular formula is C10H16N4O2S. The van der Waals surface area contributed by atoms with Crippen LogP contribution < -0.4 is 5.32 Å². The molecule has 0 aliphatic carbocycles. The highest BCUT2D eigenvalue weighted by Crippen LogP contribution is 2.14. The number of likely N-dealkylation sites (N-methyl/N-ethyl adjacent to an activating group) is 1. The van der Waals surface area contributed by atoms with Gasteiger partial charge in [0.2, 0.25) is 12.1 Å². The minimum atomic E-state index is -0.400. The Labute approximate surface area is 105 Å². The molecule has 0 saturated carbocycles. The van der Waals surface area contributed by atoms with Gasteiger partial charge < -0.3 is 15.0 Å². The van der Waals surface area contributed by atoms with Crippen molar-refractivity contribution in [3.8, 4) is 6.19 Å². The van der Waals surface area contributed by atoms with E-state index < -0.39 is 6.04 Å². The summed E-state index contributed by atoms with van der Waals surface area (Å²) in [5.74, 6) is -0.0908. The van der Waals surface area contributed by atoms with Crippen LogP contribution in [0.4, 0.5) is 0 Å². The molecule has 0 aromatic rings. The maximum atomic E-state index is 11.9. The standard InChI is InChI=1S/C10H16N4O2S/c1-3-12-9(15)8-6-16-5-4-14(8)10(17-2)13-7-11/h8H,3-6H2,1-2H3,(H,12,15). The normalized spacial score (nSPS) is 20.9.